The molecule has 1 rings (SSSR count). The van der Waals surface area contributed by atoms with E-state index in [1.165, 1.54) is 0 Å². The molecule has 1 aliphatic rings. The van der Waals surface area contributed by atoms with E-state index >= 15 is 0 Å². The fourth-order valence-electron chi connectivity index (χ4n) is 1.50. The van der Waals surface area contributed by atoms with E-state index in [-0.39, 0.29) is 5.92 Å². The number of likely N-dealkylation sites (N-methyl/N-ethyl adjacent to an activating group) is 1. The molecule has 1 atom stereocenters. The van der Waals surface area contributed by atoms with Crippen LogP contribution in [-0.4, -0.2) is 60.6 Å². The van der Waals surface area contributed by atoms with Crippen LogP contribution < -0.4 is 0 Å². The van der Waals surface area contributed by atoms with E-state index in [0.29, 0.717) is 6.54 Å². The number of hydrogen-bond donors (Lipinski definition) is 1. The second kappa shape index (κ2) is 4.58. The van der Waals surface area contributed by atoms with Crippen molar-refractivity contribution in [3.05, 3.63) is 0 Å². The summed E-state index contributed by atoms with van der Waals surface area (Å²) >= 11 is 0. The number of piperazine rings is 1. The number of carboxylic acid groups (broad SMARTS) is 1. The highest BCUT2D eigenvalue weighted by atomic mass is 16.4. The molecule has 13 heavy (non-hydrogen) atoms. The van der Waals surface area contributed by atoms with Crippen LogP contribution in [0.25, 0.3) is 0 Å². The van der Waals surface area contributed by atoms with Crippen molar-refractivity contribution >= 4 is 5.97 Å². The summed E-state index contributed by atoms with van der Waals surface area (Å²) in [7, 11) is 2.10. The van der Waals surface area contributed by atoms with Gasteiger partial charge in [0.05, 0.1) is 5.92 Å². The summed E-state index contributed by atoms with van der Waals surface area (Å²) in [6.07, 6.45) is 0. The molecule has 0 unspecified atom stereocenters. The quantitative estimate of drug-likeness (QED) is 0.671. The Morgan fingerprint density at radius 1 is 1.38 bits per heavy atom. The van der Waals surface area contributed by atoms with Gasteiger partial charge in [0.15, 0.2) is 0 Å². The molecule has 0 spiro atoms. The predicted molar refractivity (Wildman–Crippen MR) is 50.7 cm³/mol. The van der Waals surface area contributed by atoms with Crippen molar-refractivity contribution in [2.45, 2.75) is 6.92 Å². The Morgan fingerprint density at radius 2 is 1.92 bits per heavy atom. The molecule has 4 nitrogen and oxygen atoms in total. The standard InChI is InChI=1S/C9H18N2O2/c1-8(9(12)13)7-11-5-3-10(2)4-6-11/h8H,3-7H2,1-2H3,(H,12,13)/t8-/m1/s1. The molecular formula is C9H18N2O2. The van der Waals surface area contributed by atoms with Crippen LogP contribution in [0.4, 0.5) is 0 Å². The van der Waals surface area contributed by atoms with Gasteiger partial charge in [0.25, 0.3) is 0 Å². The van der Waals surface area contributed by atoms with Gasteiger partial charge in [-0.2, -0.15) is 0 Å². The Morgan fingerprint density at radius 3 is 2.38 bits per heavy atom. The number of nitrogens with zero attached hydrogens (tertiary/aromatic N) is 2. The molecule has 1 N–H and O–H groups in total. The number of hydrogen-bond acceptors (Lipinski definition) is 3. The second-order valence-corrected chi connectivity index (χ2v) is 3.84. The maximum absolute atomic E-state index is 10.6. The SMILES string of the molecule is C[C@H](CN1CCN(C)CC1)C(=O)O. The summed E-state index contributed by atoms with van der Waals surface area (Å²) in [4.78, 5) is 15.1. The molecular weight excluding hydrogens is 168 g/mol. The Balaban J connectivity index is 2.26. The van der Waals surface area contributed by atoms with Gasteiger partial charge in [-0.15, -0.1) is 0 Å². The maximum atomic E-state index is 10.6. The summed E-state index contributed by atoms with van der Waals surface area (Å²) in [5.74, 6) is -0.942. The molecule has 0 amide bonds. The average Bonchev–Trinajstić information content (AvgIpc) is 2.08. The zero-order valence-electron chi connectivity index (χ0n) is 8.36. The van der Waals surface area contributed by atoms with Crippen LogP contribution >= 0.6 is 0 Å². The molecule has 0 aromatic rings. The fourth-order valence-corrected chi connectivity index (χ4v) is 1.50. The van der Waals surface area contributed by atoms with E-state index < -0.39 is 5.97 Å². The van der Waals surface area contributed by atoms with Crippen LogP contribution in [0, 0.1) is 5.92 Å². The first-order chi connectivity index (χ1) is 6.09. The number of carbonyl (C=O) groups is 1. The maximum Gasteiger partial charge on any atom is 0.307 e. The normalized spacial score (nSPS) is 22.9. The zero-order chi connectivity index (χ0) is 9.84. The van der Waals surface area contributed by atoms with E-state index in [1.807, 2.05) is 0 Å². The van der Waals surface area contributed by atoms with E-state index in [9.17, 15) is 4.79 Å². The Labute approximate surface area is 79.1 Å². The van der Waals surface area contributed by atoms with Crippen LogP contribution in [-0.2, 0) is 4.79 Å². The molecule has 0 bridgehead atoms. The lowest BCUT2D eigenvalue weighted by molar-refractivity contribution is -0.141. The molecule has 1 saturated heterocycles. The molecule has 0 saturated carbocycles. The van der Waals surface area contributed by atoms with E-state index in [0.717, 1.165) is 26.2 Å². The van der Waals surface area contributed by atoms with E-state index in [4.69, 9.17) is 5.11 Å². The number of carboxylic acids is 1. The van der Waals surface area contributed by atoms with Crippen LogP contribution in [0.2, 0.25) is 0 Å². The Hall–Kier alpha value is -0.610. The number of rotatable bonds is 3. The van der Waals surface area contributed by atoms with Gasteiger partial charge in [-0.1, -0.05) is 6.92 Å². The summed E-state index contributed by atoms with van der Waals surface area (Å²) in [5, 5.41) is 8.73. The van der Waals surface area contributed by atoms with Gasteiger partial charge in [-0.3, -0.25) is 9.69 Å². The molecule has 0 aliphatic carbocycles. The van der Waals surface area contributed by atoms with Crippen LogP contribution in [0.15, 0.2) is 0 Å². The van der Waals surface area contributed by atoms with Gasteiger partial charge < -0.3 is 10.0 Å². The van der Waals surface area contributed by atoms with Gasteiger partial charge in [-0.25, -0.2) is 0 Å². The number of aliphatic carboxylic acids is 1. The van der Waals surface area contributed by atoms with Gasteiger partial charge in [0, 0.05) is 32.7 Å². The minimum absolute atomic E-state index is 0.247. The van der Waals surface area contributed by atoms with Crippen molar-refractivity contribution in [3.63, 3.8) is 0 Å². The van der Waals surface area contributed by atoms with E-state index in [1.54, 1.807) is 6.92 Å². The Kier molecular flexibility index (Phi) is 3.69. The van der Waals surface area contributed by atoms with Crippen molar-refractivity contribution in [1.29, 1.82) is 0 Å². The lowest BCUT2D eigenvalue weighted by Gasteiger charge is -2.33. The van der Waals surface area contributed by atoms with Crippen molar-refractivity contribution in [2.75, 3.05) is 39.8 Å². The first-order valence-corrected chi connectivity index (χ1v) is 4.73. The molecule has 1 fully saturated rings. The third kappa shape index (κ3) is 3.32. The van der Waals surface area contributed by atoms with Gasteiger partial charge >= 0.3 is 5.97 Å². The van der Waals surface area contributed by atoms with Crippen LogP contribution in [0.3, 0.4) is 0 Å². The first-order valence-electron chi connectivity index (χ1n) is 4.73. The largest absolute Gasteiger partial charge is 0.481 e. The first kappa shape index (κ1) is 10.5. The van der Waals surface area contributed by atoms with Gasteiger partial charge in [-0.05, 0) is 7.05 Å². The summed E-state index contributed by atoms with van der Waals surface area (Å²) < 4.78 is 0. The fraction of sp³-hybridized carbons (Fsp3) is 0.889. The minimum atomic E-state index is -0.695. The third-order valence-corrected chi connectivity index (χ3v) is 2.55. The van der Waals surface area contributed by atoms with Crippen molar-refractivity contribution in [2.24, 2.45) is 5.92 Å². The average molecular weight is 186 g/mol. The molecule has 0 aromatic carbocycles. The van der Waals surface area contributed by atoms with E-state index in [2.05, 4.69) is 16.8 Å². The molecule has 4 heteroatoms. The lowest BCUT2D eigenvalue weighted by Crippen LogP contribution is -2.46. The van der Waals surface area contributed by atoms with Gasteiger partial charge in [0.2, 0.25) is 0 Å². The molecule has 76 valence electrons. The monoisotopic (exact) mass is 186 g/mol. The lowest BCUT2D eigenvalue weighted by atomic mass is 10.1. The second-order valence-electron chi connectivity index (χ2n) is 3.84. The summed E-state index contributed by atoms with van der Waals surface area (Å²) in [6, 6.07) is 0. The molecule has 1 heterocycles. The highest BCUT2D eigenvalue weighted by molar-refractivity contribution is 5.69. The van der Waals surface area contributed by atoms with Crippen molar-refractivity contribution < 1.29 is 9.90 Å². The highest BCUT2D eigenvalue weighted by Crippen LogP contribution is 2.04. The summed E-state index contributed by atoms with van der Waals surface area (Å²) in [6.45, 7) is 6.53. The van der Waals surface area contributed by atoms with Crippen LogP contribution in [0.1, 0.15) is 6.92 Å². The summed E-state index contributed by atoms with van der Waals surface area (Å²) in [5.41, 5.74) is 0. The molecule has 1 aliphatic heterocycles. The predicted octanol–water partition coefficient (Wildman–Crippen LogP) is -0.0455. The zero-order valence-corrected chi connectivity index (χ0v) is 8.36. The minimum Gasteiger partial charge on any atom is -0.481 e. The Bertz CT molecular complexity index is 176. The third-order valence-electron chi connectivity index (χ3n) is 2.55. The van der Waals surface area contributed by atoms with Crippen LogP contribution in [0.5, 0.6) is 0 Å². The molecule has 0 radical (unpaired) electrons. The van der Waals surface area contributed by atoms with Gasteiger partial charge in [0.1, 0.15) is 0 Å². The van der Waals surface area contributed by atoms with Crippen molar-refractivity contribution in [1.82, 2.24) is 9.80 Å². The molecule has 0 aromatic heterocycles. The topological polar surface area (TPSA) is 43.8 Å². The van der Waals surface area contributed by atoms with Crippen molar-refractivity contribution in [3.8, 4) is 0 Å². The highest BCUT2D eigenvalue weighted by Gasteiger charge is 2.19. The smallest absolute Gasteiger partial charge is 0.307 e.